The Kier molecular flexibility index (Phi) is 8.38. The molecule has 0 atom stereocenters. The van der Waals surface area contributed by atoms with E-state index in [0.29, 0.717) is 11.1 Å². The molecule has 0 spiro atoms. The lowest BCUT2D eigenvalue weighted by Crippen LogP contribution is -2.27. The zero-order chi connectivity index (χ0) is 24.5. The number of amides is 2. The van der Waals surface area contributed by atoms with Crippen molar-refractivity contribution >= 4 is 11.8 Å². The number of benzene rings is 2. The van der Waals surface area contributed by atoms with E-state index in [-0.39, 0.29) is 36.0 Å². The van der Waals surface area contributed by atoms with E-state index < -0.39 is 25.0 Å². The van der Waals surface area contributed by atoms with Crippen molar-refractivity contribution < 1.29 is 36.6 Å². The molecule has 2 amide bonds. The second-order valence-electron chi connectivity index (χ2n) is 6.82. The number of carbonyl (C=O) groups excluding carboxylic acids is 2. The predicted octanol–water partition coefficient (Wildman–Crippen LogP) is 4.14. The number of ether oxygens (including phenoxy) is 2. The van der Waals surface area contributed by atoms with Crippen molar-refractivity contribution in [2.75, 3.05) is 0 Å². The second-order valence-corrected chi connectivity index (χ2v) is 6.82. The fraction of sp³-hybridized carbons (Fsp3) is 0.174. The Morgan fingerprint density at radius 2 is 1.06 bits per heavy atom. The summed E-state index contributed by atoms with van der Waals surface area (Å²) in [7, 11) is 0. The van der Waals surface area contributed by atoms with Gasteiger partial charge in [0.1, 0.15) is 22.9 Å². The average molecular weight is 477 g/mol. The highest BCUT2D eigenvalue weighted by Crippen LogP contribution is 2.16. The van der Waals surface area contributed by atoms with Crippen LogP contribution in [0.4, 0.5) is 17.6 Å². The average Bonchev–Trinajstić information content (AvgIpc) is 2.82. The molecule has 178 valence electrons. The fourth-order valence-electron chi connectivity index (χ4n) is 2.81. The molecule has 0 radical (unpaired) electrons. The summed E-state index contributed by atoms with van der Waals surface area (Å²) in [5.74, 6) is -1.06. The fourth-order valence-corrected chi connectivity index (χ4v) is 2.81. The van der Waals surface area contributed by atoms with Gasteiger partial charge in [0.25, 0.3) is 11.8 Å². The number of aromatic nitrogens is 1. The van der Waals surface area contributed by atoms with Crippen molar-refractivity contribution in [3.05, 3.63) is 89.2 Å². The minimum atomic E-state index is -2.92. The zero-order valence-corrected chi connectivity index (χ0v) is 17.5. The first-order valence-electron chi connectivity index (χ1n) is 9.91. The summed E-state index contributed by atoms with van der Waals surface area (Å²) in [4.78, 5) is 28.9. The van der Waals surface area contributed by atoms with Crippen molar-refractivity contribution in [3.63, 3.8) is 0 Å². The maximum atomic E-state index is 12.4. The minimum Gasteiger partial charge on any atom is -0.435 e. The summed E-state index contributed by atoms with van der Waals surface area (Å²) in [6, 6.07) is 15.9. The van der Waals surface area contributed by atoms with Gasteiger partial charge in [-0.1, -0.05) is 30.3 Å². The molecule has 0 unspecified atom stereocenters. The van der Waals surface area contributed by atoms with Crippen LogP contribution in [0.5, 0.6) is 11.5 Å². The maximum Gasteiger partial charge on any atom is 0.387 e. The second kappa shape index (κ2) is 11.6. The summed E-state index contributed by atoms with van der Waals surface area (Å²) in [5.41, 5.74) is 1.32. The Balaban J connectivity index is 1.52. The van der Waals surface area contributed by atoms with Gasteiger partial charge < -0.3 is 20.1 Å². The summed E-state index contributed by atoms with van der Waals surface area (Å²) in [5, 5.41) is 5.26. The Morgan fingerprint density at radius 3 is 1.41 bits per heavy atom. The number of pyridine rings is 1. The molecular formula is C23H19F4N3O4. The molecule has 0 saturated carbocycles. The van der Waals surface area contributed by atoms with E-state index in [2.05, 4.69) is 25.1 Å². The van der Waals surface area contributed by atoms with Crippen molar-refractivity contribution in [1.82, 2.24) is 15.6 Å². The number of nitrogens with one attached hydrogen (secondary N) is 2. The van der Waals surface area contributed by atoms with Crippen molar-refractivity contribution in [2.45, 2.75) is 26.3 Å². The van der Waals surface area contributed by atoms with Crippen LogP contribution in [0.2, 0.25) is 0 Å². The van der Waals surface area contributed by atoms with Gasteiger partial charge in [-0.25, -0.2) is 4.98 Å². The highest BCUT2D eigenvalue weighted by Gasteiger charge is 2.13. The maximum absolute atomic E-state index is 12.4. The number of nitrogens with zero attached hydrogens (tertiary/aromatic N) is 1. The molecule has 0 aliphatic carbocycles. The zero-order valence-electron chi connectivity index (χ0n) is 17.5. The van der Waals surface area contributed by atoms with E-state index in [4.69, 9.17) is 0 Å². The third-order valence-corrected chi connectivity index (χ3v) is 4.42. The van der Waals surface area contributed by atoms with Crippen molar-refractivity contribution in [2.24, 2.45) is 0 Å². The van der Waals surface area contributed by atoms with E-state index >= 15 is 0 Å². The molecular weight excluding hydrogens is 458 g/mol. The Morgan fingerprint density at radius 1 is 0.676 bits per heavy atom. The van der Waals surface area contributed by atoms with Gasteiger partial charge in [0, 0.05) is 13.1 Å². The number of rotatable bonds is 10. The number of hydrogen-bond donors (Lipinski definition) is 2. The summed E-state index contributed by atoms with van der Waals surface area (Å²) in [6.07, 6.45) is 0. The van der Waals surface area contributed by atoms with Gasteiger partial charge in [-0.15, -0.1) is 0 Å². The number of halogens is 4. The van der Waals surface area contributed by atoms with E-state index in [1.807, 2.05) is 0 Å². The first-order chi connectivity index (χ1) is 16.3. The molecule has 0 aliphatic heterocycles. The van der Waals surface area contributed by atoms with E-state index in [9.17, 15) is 27.2 Å². The van der Waals surface area contributed by atoms with Crippen LogP contribution in [0.1, 0.15) is 32.1 Å². The highest BCUT2D eigenvalue weighted by molar-refractivity contribution is 5.96. The molecule has 3 rings (SSSR count). The molecule has 1 aromatic heterocycles. The van der Waals surface area contributed by atoms with Gasteiger partial charge in [-0.2, -0.15) is 17.6 Å². The van der Waals surface area contributed by atoms with Crippen molar-refractivity contribution in [3.8, 4) is 11.5 Å². The molecule has 11 heteroatoms. The van der Waals surface area contributed by atoms with E-state index in [1.165, 1.54) is 66.7 Å². The van der Waals surface area contributed by atoms with Crippen LogP contribution in [0.25, 0.3) is 0 Å². The molecule has 0 fully saturated rings. The molecule has 3 aromatic rings. The monoisotopic (exact) mass is 477 g/mol. The van der Waals surface area contributed by atoms with Gasteiger partial charge in [0.15, 0.2) is 0 Å². The first-order valence-corrected chi connectivity index (χ1v) is 9.91. The Bertz CT molecular complexity index is 1030. The Hall–Kier alpha value is -4.15. The van der Waals surface area contributed by atoms with Gasteiger partial charge in [0.05, 0.1) is 0 Å². The topological polar surface area (TPSA) is 89.5 Å². The van der Waals surface area contributed by atoms with Crippen LogP contribution in [-0.2, 0) is 13.1 Å². The predicted molar refractivity (Wildman–Crippen MR) is 113 cm³/mol. The SMILES string of the molecule is O=C(NCc1ccc(OC(F)F)cc1)c1cccc(C(=O)NCc2ccc(OC(F)F)cc2)n1. The molecule has 0 bridgehead atoms. The van der Waals surface area contributed by atoms with Crippen LogP contribution >= 0.6 is 0 Å². The molecule has 34 heavy (non-hydrogen) atoms. The number of hydrogen-bond acceptors (Lipinski definition) is 5. The molecule has 0 saturated heterocycles. The van der Waals surface area contributed by atoms with Gasteiger partial charge in [0.2, 0.25) is 0 Å². The van der Waals surface area contributed by atoms with Gasteiger partial charge in [-0.05, 0) is 47.5 Å². The number of carbonyl (C=O) groups is 2. The molecule has 1 heterocycles. The highest BCUT2D eigenvalue weighted by atomic mass is 19.3. The quantitative estimate of drug-likeness (QED) is 0.429. The summed E-state index contributed by atoms with van der Waals surface area (Å²) in [6.45, 7) is -5.63. The lowest BCUT2D eigenvalue weighted by Gasteiger charge is -2.09. The third-order valence-electron chi connectivity index (χ3n) is 4.42. The van der Waals surface area contributed by atoms with Crippen LogP contribution < -0.4 is 20.1 Å². The van der Waals surface area contributed by atoms with E-state index in [0.717, 1.165) is 0 Å². The molecule has 0 aliphatic rings. The van der Waals surface area contributed by atoms with Crippen LogP contribution in [0.15, 0.2) is 66.7 Å². The molecule has 2 aromatic carbocycles. The standard InChI is InChI=1S/C23H19F4N3O4/c24-22(25)33-16-8-4-14(5-9-16)12-28-20(31)18-2-1-3-19(30-18)21(32)29-13-15-6-10-17(11-7-15)34-23(26)27/h1-11,22-23H,12-13H2,(H,28,31)(H,29,32). The first kappa shape index (κ1) is 24.5. The van der Waals surface area contributed by atoms with E-state index in [1.54, 1.807) is 0 Å². The lowest BCUT2D eigenvalue weighted by atomic mass is 10.2. The molecule has 2 N–H and O–H groups in total. The smallest absolute Gasteiger partial charge is 0.387 e. The van der Waals surface area contributed by atoms with Crippen molar-refractivity contribution in [1.29, 1.82) is 0 Å². The molecule has 7 nitrogen and oxygen atoms in total. The number of alkyl halides is 4. The summed E-state index contributed by atoms with van der Waals surface area (Å²) >= 11 is 0. The third kappa shape index (κ3) is 7.47. The lowest BCUT2D eigenvalue weighted by molar-refractivity contribution is -0.0505. The largest absolute Gasteiger partial charge is 0.435 e. The normalized spacial score (nSPS) is 10.8. The van der Waals surface area contributed by atoms with Gasteiger partial charge in [-0.3, -0.25) is 9.59 Å². The van der Waals surface area contributed by atoms with Crippen LogP contribution in [0, 0.1) is 0 Å². The van der Waals surface area contributed by atoms with Gasteiger partial charge >= 0.3 is 13.2 Å². The minimum absolute atomic E-state index is 0.00268. The Labute approximate surface area is 191 Å². The van der Waals surface area contributed by atoms with Crippen LogP contribution in [-0.4, -0.2) is 30.0 Å². The summed E-state index contributed by atoms with van der Waals surface area (Å²) < 4.78 is 57.3. The van der Waals surface area contributed by atoms with Crippen LogP contribution in [0.3, 0.4) is 0 Å².